The van der Waals surface area contributed by atoms with Gasteiger partial charge in [0.2, 0.25) is 5.95 Å². The van der Waals surface area contributed by atoms with Crippen LogP contribution in [0.3, 0.4) is 0 Å². The normalized spacial score (nSPS) is 12.1. The predicted molar refractivity (Wildman–Crippen MR) is 112 cm³/mol. The highest BCUT2D eigenvalue weighted by molar-refractivity contribution is 5.82. The molecule has 0 unspecified atom stereocenters. The Morgan fingerprint density at radius 2 is 2.00 bits per heavy atom. The van der Waals surface area contributed by atoms with Gasteiger partial charge in [0, 0.05) is 11.6 Å². The van der Waals surface area contributed by atoms with Gasteiger partial charge in [-0.3, -0.25) is 9.89 Å². The maximum absolute atomic E-state index is 14.0. The molecule has 6 N–H and O–H groups in total. The summed E-state index contributed by atoms with van der Waals surface area (Å²) in [5.74, 6) is -1.33. The topological polar surface area (TPSA) is 177 Å². The Balaban J connectivity index is 1.98. The number of rotatable bonds is 5. The monoisotopic (exact) mass is 456 g/mol. The number of nitriles is 1. The molecule has 3 aromatic heterocycles. The van der Waals surface area contributed by atoms with Crippen molar-refractivity contribution in [3.05, 3.63) is 57.5 Å². The van der Waals surface area contributed by atoms with E-state index < -0.39 is 29.4 Å². The van der Waals surface area contributed by atoms with Gasteiger partial charge >= 0.3 is 0 Å². The molecule has 1 aromatic carbocycles. The van der Waals surface area contributed by atoms with Crippen molar-refractivity contribution in [2.24, 2.45) is 0 Å². The zero-order valence-electron chi connectivity index (χ0n) is 16.8. The van der Waals surface area contributed by atoms with Crippen molar-refractivity contribution < 1.29 is 13.2 Å². The number of nitrogens with two attached hydrogens (primary N) is 2. The number of halogens is 3. The molecule has 3 heterocycles. The fourth-order valence-electron chi connectivity index (χ4n) is 3.34. The Kier molecular flexibility index (Phi) is 5.30. The number of nitrogens with one attached hydrogen (secondary N) is 2. The number of nitrogen functional groups attached to an aromatic ring is 2. The summed E-state index contributed by atoms with van der Waals surface area (Å²) in [6, 6.07) is 3.86. The average Bonchev–Trinajstić information content (AvgIpc) is 3.27. The van der Waals surface area contributed by atoms with Gasteiger partial charge in [-0.05, 0) is 19.1 Å². The molecular weight excluding hydrogens is 441 g/mol. The lowest BCUT2D eigenvalue weighted by atomic mass is 10.1. The zero-order chi connectivity index (χ0) is 23.9. The lowest BCUT2D eigenvalue weighted by Crippen LogP contribution is -2.28. The Morgan fingerprint density at radius 3 is 2.64 bits per heavy atom. The molecule has 0 saturated heterocycles. The number of nitrogens with zero attached hydrogens (tertiary/aromatic N) is 6. The maximum Gasteiger partial charge on any atom is 0.267 e. The Bertz CT molecular complexity index is 1460. The molecule has 0 aliphatic heterocycles. The zero-order valence-corrected chi connectivity index (χ0v) is 16.8. The smallest absolute Gasteiger partial charge is 0.267 e. The van der Waals surface area contributed by atoms with Crippen LogP contribution in [0.25, 0.3) is 16.7 Å². The molecule has 0 radical (unpaired) electrons. The molecule has 0 amide bonds. The largest absolute Gasteiger partial charge is 0.382 e. The first-order chi connectivity index (χ1) is 15.7. The summed E-state index contributed by atoms with van der Waals surface area (Å²) >= 11 is 0. The Morgan fingerprint density at radius 1 is 1.24 bits per heavy atom. The molecule has 14 heteroatoms. The van der Waals surface area contributed by atoms with E-state index in [0.29, 0.717) is 6.07 Å². The second kappa shape index (κ2) is 8.11. The summed E-state index contributed by atoms with van der Waals surface area (Å²) < 4.78 is 42.3. The summed E-state index contributed by atoms with van der Waals surface area (Å²) in [7, 11) is 0. The highest BCUT2D eigenvalue weighted by atomic mass is 19.3. The number of benzene rings is 1. The highest BCUT2D eigenvalue weighted by Crippen LogP contribution is 2.29. The van der Waals surface area contributed by atoms with Crippen molar-refractivity contribution in [2.45, 2.75) is 19.4 Å². The molecule has 0 spiro atoms. The van der Waals surface area contributed by atoms with E-state index in [2.05, 4.69) is 30.5 Å². The van der Waals surface area contributed by atoms with E-state index >= 15 is 0 Å². The summed E-state index contributed by atoms with van der Waals surface area (Å²) in [6.07, 6.45) is -1.72. The van der Waals surface area contributed by atoms with E-state index in [1.807, 2.05) is 6.07 Å². The van der Waals surface area contributed by atoms with Crippen molar-refractivity contribution in [2.75, 3.05) is 16.8 Å². The number of anilines is 3. The van der Waals surface area contributed by atoms with Gasteiger partial charge in [-0.25, -0.2) is 22.7 Å². The maximum atomic E-state index is 14.0. The van der Waals surface area contributed by atoms with E-state index in [-0.39, 0.29) is 45.7 Å². The number of hydrogen-bond donors (Lipinski definition) is 4. The second-order valence-electron chi connectivity index (χ2n) is 6.91. The predicted octanol–water partition coefficient (Wildman–Crippen LogP) is 2.18. The van der Waals surface area contributed by atoms with Crippen LogP contribution in [-0.4, -0.2) is 29.7 Å². The van der Waals surface area contributed by atoms with E-state index in [9.17, 15) is 23.2 Å². The van der Waals surface area contributed by atoms with Crippen LogP contribution in [0.5, 0.6) is 0 Å². The van der Waals surface area contributed by atoms with Gasteiger partial charge in [0.1, 0.15) is 34.9 Å². The van der Waals surface area contributed by atoms with Crippen molar-refractivity contribution in [3.63, 3.8) is 0 Å². The first kappa shape index (κ1) is 21.6. The fourth-order valence-corrected chi connectivity index (χ4v) is 3.34. The van der Waals surface area contributed by atoms with Gasteiger partial charge in [0.05, 0.1) is 23.1 Å². The molecule has 0 aliphatic carbocycles. The summed E-state index contributed by atoms with van der Waals surface area (Å²) in [6.45, 7) is 1.54. The SMILES string of the molecule is C[C@H](Nc1nc(N)nc(N)c1C#N)c1nc2c(C(F)F)cc(F)cc2c(=O)n1-c1ccn[nH]1. The lowest BCUT2D eigenvalue weighted by Gasteiger charge is -2.20. The number of aromatic nitrogens is 6. The highest BCUT2D eigenvalue weighted by Gasteiger charge is 2.24. The molecule has 4 rings (SSSR count). The first-order valence-electron chi connectivity index (χ1n) is 9.34. The van der Waals surface area contributed by atoms with Gasteiger partial charge in [0.15, 0.2) is 5.82 Å². The van der Waals surface area contributed by atoms with Crippen molar-refractivity contribution in [1.82, 2.24) is 29.7 Å². The van der Waals surface area contributed by atoms with E-state index in [1.165, 1.54) is 12.3 Å². The van der Waals surface area contributed by atoms with Gasteiger partial charge < -0.3 is 16.8 Å². The van der Waals surface area contributed by atoms with Crippen LogP contribution in [0.2, 0.25) is 0 Å². The molecule has 0 fully saturated rings. The third-order valence-electron chi connectivity index (χ3n) is 4.76. The minimum absolute atomic E-state index is 0.0475. The lowest BCUT2D eigenvalue weighted by molar-refractivity contribution is 0.152. The van der Waals surface area contributed by atoms with Crippen LogP contribution in [-0.2, 0) is 0 Å². The van der Waals surface area contributed by atoms with Gasteiger partial charge in [-0.15, -0.1) is 0 Å². The van der Waals surface area contributed by atoms with Gasteiger partial charge in [-0.2, -0.15) is 20.3 Å². The molecule has 33 heavy (non-hydrogen) atoms. The molecule has 0 bridgehead atoms. The van der Waals surface area contributed by atoms with Crippen molar-refractivity contribution in [3.8, 4) is 11.9 Å². The standard InChI is InChI=1S/C19H15F3N10O/c1-7(27-16-11(6-23)15(24)29-19(25)30-16)17-28-13-9(14(21)22)4-8(20)5-10(13)18(33)32(17)12-2-3-26-31-12/h2-5,7,14H,1H3,(H,26,31)(H5,24,25,27,29,30)/t7-/m0/s1. The van der Waals surface area contributed by atoms with Crippen LogP contribution in [0.1, 0.15) is 36.3 Å². The first-order valence-corrected chi connectivity index (χ1v) is 9.34. The molecule has 0 aliphatic rings. The molecule has 11 nitrogen and oxygen atoms in total. The summed E-state index contributed by atoms with van der Waals surface area (Å²) in [5, 5.41) is 18.3. The number of H-pyrrole nitrogens is 1. The van der Waals surface area contributed by atoms with Crippen molar-refractivity contribution >= 4 is 28.5 Å². The Labute approximate surface area is 182 Å². The van der Waals surface area contributed by atoms with Crippen LogP contribution in [0.15, 0.2) is 29.2 Å². The third kappa shape index (κ3) is 3.76. The molecule has 0 saturated carbocycles. The van der Waals surface area contributed by atoms with Crippen molar-refractivity contribution in [1.29, 1.82) is 5.26 Å². The van der Waals surface area contributed by atoms with Crippen LogP contribution in [0, 0.1) is 17.1 Å². The molecule has 168 valence electrons. The van der Waals surface area contributed by atoms with Crippen LogP contribution < -0.4 is 22.3 Å². The molecule has 4 aromatic rings. The third-order valence-corrected chi connectivity index (χ3v) is 4.76. The number of alkyl halides is 2. The minimum Gasteiger partial charge on any atom is -0.382 e. The van der Waals surface area contributed by atoms with Crippen LogP contribution in [0.4, 0.5) is 30.8 Å². The second-order valence-corrected chi connectivity index (χ2v) is 6.91. The molecule has 1 atom stereocenters. The minimum atomic E-state index is -3.08. The van der Waals surface area contributed by atoms with E-state index in [0.717, 1.165) is 10.6 Å². The summed E-state index contributed by atoms with van der Waals surface area (Å²) in [4.78, 5) is 25.2. The van der Waals surface area contributed by atoms with E-state index in [4.69, 9.17) is 11.5 Å². The van der Waals surface area contributed by atoms with Gasteiger partial charge in [0.25, 0.3) is 12.0 Å². The van der Waals surface area contributed by atoms with E-state index in [1.54, 1.807) is 6.92 Å². The number of fused-ring (bicyclic) bond motifs is 1. The summed E-state index contributed by atoms with van der Waals surface area (Å²) in [5.41, 5.74) is 9.32. The fraction of sp³-hybridized carbons (Fsp3) is 0.158. The number of hydrogen-bond acceptors (Lipinski definition) is 9. The number of aromatic amines is 1. The Hall–Kier alpha value is -4.67. The average molecular weight is 456 g/mol. The quantitative estimate of drug-likeness (QED) is 0.350. The van der Waals surface area contributed by atoms with Crippen LogP contribution >= 0.6 is 0 Å². The van der Waals surface area contributed by atoms with Gasteiger partial charge in [-0.1, -0.05) is 0 Å². The molecular formula is C19H15F3N10O.